The molecule has 2 nitrogen and oxygen atoms in total. The minimum Gasteiger partial charge on any atom is -0.508 e. The summed E-state index contributed by atoms with van der Waals surface area (Å²) in [5.41, 5.74) is 0. The Labute approximate surface area is 96.8 Å². The minimum atomic E-state index is -5.27. The van der Waals surface area contributed by atoms with Crippen LogP contribution in [0.25, 0.3) is 0 Å². The molecule has 0 aliphatic heterocycles. The second-order valence-electron chi connectivity index (χ2n) is 3.80. The average Bonchev–Trinajstić information content (AvgIpc) is 2.30. The molecule has 1 aromatic carbocycles. The third-order valence-electron chi connectivity index (χ3n) is 2.59. The number of alkyl halides is 6. The average molecular weight is 272 g/mol. The van der Waals surface area contributed by atoms with Gasteiger partial charge in [0.1, 0.15) is 11.5 Å². The molecule has 1 saturated carbocycles. The zero-order valence-corrected chi connectivity index (χ0v) is 8.51. The van der Waals surface area contributed by atoms with Gasteiger partial charge in [-0.15, -0.1) is 0 Å². The van der Waals surface area contributed by atoms with E-state index in [1.54, 1.807) is 0 Å². The van der Waals surface area contributed by atoms with Crippen LogP contribution in [0.3, 0.4) is 0 Å². The van der Waals surface area contributed by atoms with Gasteiger partial charge in [-0.25, -0.2) is 4.39 Å². The van der Waals surface area contributed by atoms with Crippen molar-refractivity contribution in [3.63, 3.8) is 0 Å². The molecule has 1 aromatic rings. The fraction of sp³-hybridized carbons (Fsp3) is 0.400. The number of hydrogen-bond donors (Lipinski definition) is 1. The van der Waals surface area contributed by atoms with E-state index in [4.69, 9.17) is 5.11 Å². The third kappa shape index (κ3) is 1.37. The molecule has 1 fully saturated rings. The lowest BCUT2D eigenvalue weighted by molar-refractivity contribution is -0.445. The van der Waals surface area contributed by atoms with E-state index in [1.165, 1.54) is 0 Å². The van der Waals surface area contributed by atoms with Crippen LogP contribution in [-0.2, 0) is 0 Å². The van der Waals surface area contributed by atoms with Crippen LogP contribution in [0.1, 0.15) is 0 Å². The van der Waals surface area contributed by atoms with E-state index in [9.17, 15) is 26.3 Å². The highest BCUT2D eigenvalue weighted by Crippen LogP contribution is 2.61. The quantitative estimate of drug-likeness (QED) is 0.838. The summed E-state index contributed by atoms with van der Waals surface area (Å²) < 4.78 is 80.9. The van der Waals surface area contributed by atoms with Gasteiger partial charge in [0, 0.05) is 0 Å². The molecule has 0 heterocycles. The highest BCUT2D eigenvalue weighted by Gasteiger charge is 2.92. The first-order valence-electron chi connectivity index (χ1n) is 4.69. The largest absolute Gasteiger partial charge is 0.508 e. The summed E-state index contributed by atoms with van der Waals surface area (Å²) in [7, 11) is 0. The van der Waals surface area contributed by atoms with Crippen LogP contribution in [0.2, 0.25) is 0 Å². The van der Waals surface area contributed by atoms with Crippen LogP contribution in [0.15, 0.2) is 24.3 Å². The van der Waals surface area contributed by atoms with Crippen molar-refractivity contribution in [1.82, 2.24) is 0 Å². The van der Waals surface area contributed by atoms with E-state index >= 15 is 0 Å². The standard InChI is InChI=1S/C10H6F6O2/c11-7-8(12,13)10(15,16)9(7,14)18-6-3-1-5(17)2-4-6/h1-4,7,17H. The van der Waals surface area contributed by atoms with Gasteiger partial charge in [-0.3, -0.25) is 0 Å². The topological polar surface area (TPSA) is 29.5 Å². The fourth-order valence-electron chi connectivity index (χ4n) is 1.50. The summed E-state index contributed by atoms with van der Waals surface area (Å²) in [6.45, 7) is 0. The number of phenols is 1. The van der Waals surface area contributed by atoms with E-state index in [0.29, 0.717) is 0 Å². The van der Waals surface area contributed by atoms with E-state index in [2.05, 4.69) is 4.74 Å². The smallest absolute Gasteiger partial charge is 0.384 e. The predicted molar refractivity (Wildman–Crippen MR) is 47.4 cm³/mol. The normalized spacial score (nSPS) is 32.7. The van der Waals surface area contributed by atoms with Gasteiger partial charge in [-0.05, 0) is 24.3 Å². The van der Waals surface area contributed by atoms with Crippen molar-refractivity contribution in [3.05, 3.63) is 24.3 Å². The zero-order valence-electron chi connectivity index (χ0n) is 8.51. The third-order valence-corrected chi connectivity index (χ3v) is 2.59. The van der Waals surface area contributed by atoms with Gasteiger partial charge in [0.2, 0.25) is 6.17 Å². The van der Waals surface area contributed by atoms with Crippen molar-refractivity contribution in [3.8, 4) is 11.5 Å². The lowest BCUT2D eigenvalue weighted by Gasteiger charge is -2.49. The number of phenolic OH excluding ortho intramolecular Hbond substituents is 1. The molecule has 1 aliphatic carbocycles. The Morgan fingerprint density at radius 1 is 1.00 bits per heavy atom. The van der Waals surface area contributed by atoms with Gasteiger partial charge in [0.05, 0.1) is 0 Å². The van der Waals surface area contributed by atoms with Gasteiger partial charge in [-0.1, -0.05) is 0 Å². The van der Waals surface area contributed by atoms with Gasteiger partial charge >= 0.3 is 17.7 Å². The molecular formula is C10H6F6O2. The number of aromatic hydroxyl groups is 1. The second-order valence-corrected chi connectivity index (χ2v) is 3.80. The summed E-state index contributed by atoms with van der Waals surface area (Å²) in [6.07, 6.45) is -3.77. The maximum atomic E-state index is 13.5. The summed E-state index contributed by atoms with van der Waals surface area (Å²) in [5.74, 6) is -15.7. The summed E-state index contributed by atoms with van der Waals surface area (Å²) in [4.78, 5) is 0. The Balaban J connectivity index is 2.26. The molecule has 1 N–H and O–H groups in total. The molecule has 0 aromatic heterocycles. The van der Waals surface area contributed by atoms with Gasteiger partial charge in [0.15, 0.2) is 0 Å². The van der Waals surface area contributed by atoms with Crippen molar-refractivity contribution < 1.29 is 36.2 Å². The predicted octanol–water partition coefficient (Wildman–Crippen LogP) is 3.06. The van der Waals surface area contributed by atoms with Crippen LogP contribution in [-0.4, -0.2) is 29.0 Å². The molecular weight excluding hydrogens is 266 g/mol. The fourth-order valence-corrected chi connectivity index (χ4v) is 1.50. The molecule has 100 valence electrons. The number of benzene rings is 1. The summed E-state index contributed by atoms with van der Waals surface area (Å²) in [6, 6.07) is 3.58. The number of ether oxygens (including phenoxy) is 1. The molecule has 0 spiro atoms. The first kappa shape index (κ1) is 12.8. The van der Waals surface area contributed by atoms with Crippen LogP contribution >= 0.6 is 0 Å². The Kier molecular flexibility index (Phi) is 2.47. The maximum Gasteiger partial charge on any atom is 0.384 e. The molecule has 2 rings (SSSR count). The second kappa shape index (κ2) is 3.46. The van der Waals surface area contributed by atoms with Crippen molar-refractivity contribution in [2.45, 2.75) is 23.9 Å². The lowest BCUT2D eigenvalue weighted by Crippen LogP contribution is -2.80. The van der Waals surface area contributed by atoms with Crippen molar-refractivity contribution in [1.29, 1.82) is 0 Å². The Morgan fingerprint density at radius 2 is 1.50 bits per heavy atom. The molecule has 0 amide bonds. The summed E-state index contributed by atoms with van der Waals surface area (Å²) in [5, 5.41) is 8.87. The van der Waals surface area contributed by atoms with Crippen LogP contribution in [0.5, 0.6) is 11.5 Å². The van der Waals surface area contributed by atoms with Crippen molar-refractivity contribution in [2.24, 2.45) is 0 Å². The Bertz CT molecular complexity index is 460. The van der Waals surface area contributed by atoms with Gasteiger partial charge < -0.3 is 9.84 Å². The number of halogens is 6. The molecule has 2 atom stereocenters. The molecule has 8 heteroatoms. The van der Waals surface area contributed by atoms with E-state index in [0.717, 1.165) is 24.3 Å². The highest BCUT2D eigenvalue weighted by atomic mass is 19.3. The maximum absolute atomic E-state index is 13.5. The molecule has 0 saturated heterocycles. The van der Waals surface area contributed by atoms with Crippen molar-refractivity contribution in [2.75, 3.05) is 0 Å². The van der Waals surface area contributed by atoms with Gasteiger partial charge in [-0.2, -0.15) is 22.0 Å². The molecule has 2 unspecified atom stereocenters. The van der Waals surface area contributed by atoms with E-state index < -0.39 is 29.6 Å². The lowest BCUT2D eigenvalue weighted by atomic mass is 9.80. The molecule has 18 heavy (non-hydrogen) atoms. The van der Waals surface area contributed by atoms with Crippen LogP contribution in [0, 0.1) is 0 Å². The molecule has 0 bridgehead atoms. The van der Waals surface area contributed by atoms with E-state index in [1.807, 2.05) is 0 Å². The SMILES string of the molecule is Oc1ccc(OC2(F)C(F)C(F)(F)C2(F)F)cc1. The Hall–Kier alpha value is -1.60. The summed E-state index contributed by atoms with van der Waals surface area (Å²) >= 11 is 0. The molecule has 1 aliphatic rings. The van der Waals surface area contributed by atoms with Crippen LogP contribution < -0.4 is 4.74 Å². The van der Waals surface area contributed by atoms with Crippen molar-refractivity contribution >= 4 is 0 Å². The first-order chi connectivity index (χ1) is 8.13. The monoisotopic (exact) mass is 272 g/mol. The highest BCUT2D eigenvalue weighted by molar-refractivity contribution is 5.32. The minimum absolute atomic E-state index is 0.280. The number of hydrogen-bond acceptors (Lipinski definition) is 2. The van der Waals surface area contributed by atoms with Gasteiger partial charge in [0.25, 0.3) is 0 Å². The number of rotatable bonds is 2. The first-order valence-corrected chi connectivity index (χ1v) is 4.69. The van der Waals surface area contributed by atoms with Crippen LogP contribution in [0.4, 0.5) is 26.3 Å². The van der Waals surface area contributed by atoms with E-state index in [-0.39, 0.29) is 5.75 Å². The molecule has 0 radical (unpaired) electrons. The Morgan fingerprint density at radius 3 is 1.94 bits per heavy atom. The zero-order chi connectivity index (χ0) is 13.8.